The number of carbonyl (C=O) groups excluding carboxylic acids is 1. The minimum Gasteiger partial charge on any atom is -0.365 e. The van der Waals surface area contributed by atoms with Crippen LogP contribution in [-0.4, -0.2) is 11.7 Å². The molecule has 0 fully saturated rings. The summed E-state index contributed by atoms with van der Waals surface area (Å²) in [5, 5.41) is 19.1. The number of primary amides is 1. The number of carbonyl (C=O) groups is 1. The smallest absolute Gasteiger partial charge is 0.252 e. The molecule has 0 aliphatic carbocycles. The van der Waals surface area contributed by atoms with Crippen LogP contribution in [0.5, 0.6) is 0 Å². The monoisotopic (exact) mass is 161 g/mol. The van der Waals surface area contributed by atoms with E-state index in [0.29, 0.717) is 0 Å². The average molecular weight is 161 g/mol. The number of amides is 1. The van der Waals surface area contributed by atoms with Crippen LogP contribution in [0.2, 0.25) is 0 Å². The van der Waals surface area contributed by atoms with Crippen molar-refractivity contribution in [2.45, 2.75) is 0 Å². The number of rotatable bonds is 1. The highest BCUT2D eigenvalue weighted by Crippen LogP contribution is 2.07. The lowest BCUT2D eigenvalue weighted by atomic mass is 10.1. The fourth-order valence-electron chi connectivity index (χ4n) is 0.714. The maximum atomic E-state index is 10.6. The van der Waals surface area contributed by atoms with Crippen LogP contribution in [0.3, 0.4) is 0 Å². The van der Waals surface area contributed by atoms with Gasteiger partial charge in [-0.05, 0) is 6.08 Å². The molecule has 12 heavy (non-hydrogen) atoms. The third-order valence-electron chi connectivity index (χ3n) is 1.28. The molecule has 1 aliphatic heterocycles. The summed E-state index contributed by atoms with van der Waals surface area (Å²) >= 11 is 0. The zero-order valence-electron chi connectivity index (χ0n) is 6.03. The highest BCUT2D eigenvalue weighted by atomic mass is 16.1. The predicted molar refractivity (Wildman–Crippen MR) is 40.8 cm³/mol. The first kappa shape index (κ1) is 8.01. The largest absolute Gasteiger partial charge is 0.365 e. The molecule has 0 aromatic carbocycles. The van der Waals surface area contributed by atoms with E-state index < -0.39 is 5.91 Å². The van der Waals surface area contributed by atoms with Crippen molar-refractivity contribution in [2.75, 3.05) is 0 Å². The first-order valence-corrected chi connectivity index (χ1v) is 3.06. The topological polar surface area (TPSA) is 105 Å². The molecule has 0 saturated heterocycles. The second kappa shape index (κ2) is 2.88. The Hall–Kier alpha value is -2.09. The molecular weight excluding hydrogens is 156 g/mol. The van der Waals surface area contributed by atoms with E-state index in [1.54, 1.807) is 6.07 Å². The Morgan fingerprint density at radius 2 is 2.42 bits per heavy atom. The Labute approximate surface area is 68.7 Å². The van der Waals surface area contributed by atoms with Crippen molar-refractivity contribution >= 4 is 11.7 Å². The van der Waals surface area contributed by atoms with E-state index in [2.05, 4.69) is 5.32 Å². The van der Waals surface area contributed by atoms with Gasteiger partial charge in [0.05, 0.1) is 11.1 Å². The maximum absolute atomic E-state index is 10.6. The SMILES string of the molecule is N#CC1=C[N]C(=N)C(C(N)=O)=C1. The number of nitriles is 1. The summed E-state index contributed by atoms with van der Waals surface area (Å²) < 4.78 is 0. The molecule has 0 aromatic heterocycles. The summed E-state index contributed by atoms with van der Waals surface area (Å²) in [6.45, 7) is 0. The van der Waals surface area contributed by atoms with Gasteiger partial charge in [0, 0.05) is 6.20 Å². The van der Waals surface area contributed by atoms with Crippen molar-refractivity contribution in [2.24, 2.45) is 5.73 Å². The van der Waals surface area contributed by atoms with Gasteiger partial charge in [0.1, 0.15) is 6.07 Å². The molecule has 0 spiro atoms. The molecule has 0 bridgehead atoms. The minimum atomic E-state index is -0.746. The first-order valence-electron chi connectivity index (χ1n) is 3.06. The van der Waals surface area contributed by atoms with Gasteiger partial charge in [0.15, 0.2) is 5.84 Å². The predicted octanol–water partition coefficient (Wildman–Crippen LogP) is -0.599. The zero-order valence-corrected chi connectivity index (χ0v) is 6.03. The van der Waals surface area contributed by atoms with E-state index in [0.717, 1.165) is 0 Å². The highest BCUT2D eigenvalue weighted by molar-refractivity contribution is 6.20. The molecule has 0 unspecified atom stereocenters. The summed E-state index contributed by atoms with van der Waals surface area (Å²) in [6.07, 6.45) is 2.46. The Morgan fingerprint density at radius 1 is 1.75 bits per heavy atom. The van der Waals surface area contributed by atoms with Gasteiger partial charge in [-0.25, -0.2) is 5.32 Å². The maximum Gasteiger partial charge on any atom is 0.252 e. The van der Waals surface area contributed by atoms with Gasteiger partial charge in [-0.2, -0.15) is 5.26 Å². The Balaban J connectivity index is 3.05. The average Bonchev–Trinajstić information content (AvgIpc) is 2.05. The van der Waals surface area contributed by atoms with Crippen LogP contribution >= 0.6 is 0 Å². The van der Waals surface area contributed by atoms with Crippen molar-refractivity contribution in [3.8, 4) is 6.07 Å². The molecule has 1 amide bonds. The van der Waals surface area contributed by atoms with E-state index >= 15 is 0 Å². The molecule has 0 aromatic rings. The Bertz CT molecular complexity index is 345. The van der Waals surface area contributed by atoms with E-state index in [1.165, 1.54) is 12.3 Å². The van der Waals surface area contributed by atoms with E-state index in [9.17, 15) is 4.79 Å². The van der Waals surface area contributed by atoms with Crippen LogP contribution in [0.15, 0.2) is 23.4 Å². The first-order chi connectivity index (χ1) is 5.65. The molecular formula is C7H5N4O. The molecule has 5 nitrogen and oxygen atoms in total. The number of allylic oxidation sites excluding steroid dienone is 2. The van der Waals surface area contributed by atoms with Gasteiger partial charge < -0.3 is 5.73 Å². The lowest BCUT2D eigenvalue weighted by Crippen LogP contribution is -2.26. The Kier molecular flexibility index (Phi) is 1.92. The lowest BCUT2D eigenvalue weighted by Gasteiger charge is -2.07. The van der Waals surface area contributed by atoms with Gasteiger partial charge >= 0.3 is 0 Å². The standard InChI is InChI=1S/C7H5N4O/c8-2-4-1-5(7(10)12)6(9)11-3-4/h1,3,9H,(H2,10,12). The van der Waals surface area contributed by atoms with Gasteiger partial charge in [-0.1, -0.05) is 0 Å². The molecule has 1 radical (unpaired) electrons. The number of nitrogens with zero attached hydrogens (tertiary/aromatic N) is 2. The summed E-state index contributed by atoms with van der Waals surface area (Å²) in [5.41, 5.74) is 5.12. The molecule has 5 heteroatoms. The summed E-state index contributed by atoms with van der Waals surface area (Å²) in [6, 6.07) is 1.80. The third-order valence-corrected chi connectivity index (χ3v) is 1.28. The molecule has 1 rings (SSSR count). The van der Waals surface area contributed by atoms with Crippen LogP contribution in [-0.2, 0) is 4.79 Å². The highest BCUT2D eigenvalue weighted by Gasteiger charge is 2.16. The molecule has 0 saturated carbocycles. The van der Waals surface area contributed by atoms with E-state index in [1.807, 2.05) is 0 Å². The van der Waals surface area contributed by atoms with Crippen LogP contribution < -0.4 is 11.1 Å². The molecule has 0 atom stereocenters. The third kappa shape index (κ3) is 1.32. The van der Waals surface area contributed by atoms with Crippen molar-refractivity contribution in [3.05, 3.63) is 23.4 Å². The number of nitrogens with one attached hydrogen (secondary N) is 1. The fourth-order valence-corrected chi connectivity index (χ4v) is 0.714. The fraction of sp³-hybridized carbons (Fsp3) is 0. The van der Waals surface area contributed by atoms with E-state index in [4.69, 9.17) is 16.4 Å². The zero-order chi connectivity index (χ0) is 9.14. The van der Waals surface area contributed by atoms with Crippen LogP contribution in [0.25, 0.3) is 0 Å². The number of nitrogens with two attached hydrogens (primary N) is 1. The van der Waals surface area contributed by atoms with Crippen LogP contribution in [0.4, 0.5) is 0 Å². The van der Waals surface area contributed by atoms with Crippen molar-refractivity contribution < 1.29 is 4.79 Å². The second-order valence-electron chi connectivity index (χ2n) is 2.10. The van der Waals surface area contributed by atoms with Gasteiger partial charge in [0.2, 0.25) is 0 Å². The molecule has 1 aliphatic rings. The summed E-state index contributed by atoms with van der Waals surface area (Å²) in [7, 11) is 0. The second-order valence-corrected chi connectivity index (χ2v) is 2.10. The summed E-state index contributed by atoms with van der Waals surface area (Å²) in [4.78, 5) is 10.6. The normalized spacial score (nSPS) is 15.4. The number of hydrogen-bond acceptors (Lipinski definition) is 3. The van der Waals surface area contributed by atoms with Gasteiger partial charge in [-0.3, -0.25) is 10.2 Å². The minimum absolute atomic E-state index is 0.0333. The number of hydrogen-bond donors (Lipinski definition) is 2. The molecule has 3 N–H and O–H groups in total. The molecule has 1 heterocycles. The van der Waals surface area contributed by atoms with Crippen molar-refractivity contribution in [1.82, 2.24) is 5.32 Å². The number of amidine groups is 1. The molecule has 59 valence electrons. The van der Waals surface area contributed by atoms with Crippen LogP contribution in [0.1, 0.15) is 0 Å². The van der Waals surface area contributed by atoms with Crippen molar-refractivity contribution in [1.29, 1.82) is 10.7 Å². The Morgan fingerprint density at radius 3 is 2.92 bits per heavy atom. The lowest BCUT2D eigenvalue weighted by molar-refractivity contribution is -0.114. The van der Waals surface area contributed by atoms with Crippen LogP contribution in [0, 0.1) is 16.7 Å². The van der Waals surface area contributed by atoms with Crippen molar-refractivity contribution in [3.63, 3.8) is 0 Å². The summed E-state index contributed by atoms with van der Waals surface area (Å²) in [5.74, 6) is -0.953. The van der Waals surface area contributed by atoms with Gasteiger partial charge in [-0.15, -0.1) is 0 Å². The quantitative estimate of drug-likeness (QED) is 0.536. The van der Waals surface area contributed by atoms with E-state index in [-0.39, 0.29) is 17.0 Å². The van der Waals surface area contributed by atoms with Gasteiger partial charge in [0.25, 0.3) is 5.91 Å².